The average molecular weight is 321 g/mol. The lowest BCUT2D eigenvalue weighted by atomic mass is 9.68. The summed E-state index contributed by atoms with van der Waals surface area (Å²) < 4.78 is 0. The summed E-state index contributed by atoms with van der Waals surface area (Å²) >= 11 is 0. The van der Waals surface area contributed by atoms with Crippen LogP contribution in [0.25, 0.3) is 0 Å². The highest BCUT2D eigenvalue weighted by Crippen LogP contribution is 2.47. The Bertz CT molecular complexity index is 406. The highest BCUT2D eigenvalue weighted by atomic mass is 15.3. The second-order valence-corrected chi connectivity index (χ2v) is 8.56. The smallest absolute Gasteiger partial charge is 0.193 e. The van der Waals surface area contributed by atoms with Crippen molar-refractivity contribution in [3.8, 4) is 0 Å². The van der Waals surface area contributed by atoms with E-state index < -0.39 is 0 Å². The highest BCUT2D eigenvalue weighted by Gasteiger charge is 2.43. The maximum atomic E-state index is 4.52. The first kappa shape index (κ1) is 17.1. The molecule has 23 heavy (non-hydrogen) atoms. The molecule has 0 bridgehead atoms. The molecule has 1 saturated carbocycles. The van der Waals surface area contributed by atoms with Crippen molar-refractivity contribution in [3.05, 3.63) is 0 Å². The van der Waals surface area contributed by atoms with Gasteiger partial charge in [-0.1, -0.05) is 20.3 Å². The number of piperidine rings is 1. The van der Waals surface area contributed by atoms with Gasteiger partial charge >= 0.3 is 0 Å². The van der Waals surface area contributed by atoms with Crippen LogP contribution in [-0.4, -0.2) is 62.1 Å². The van der Waals surface area contributed by atoms with E-state index in [1.54, 1.807) is 0 Å². The second kappa shape index (κ2) is 7.42. The van der Waals surface area contributed by atoms with Gasteiger partial charge in [-0.3, -0.25) is 4.99 Å². The van der Waals surface area contributed by atoms with Crippen LogP contribution in [0.1, 0.15) is 52.4 Å². The van der Waals surface area contributed by atoms with Crippen molar-refractivity contribution < 1.29 is 0 Å². The average Bonchev–Trinajstić information content (AvgIpc) is 2.92. The zero-order valence-corrected chi connectivity index (χ0v) is 15.5. The second-order valence-electron chi connectivity index (χ2n) is 8.56. The Morgan fingerprint density at radius 3 is 2.48 bits per heavy atom. The highest BCUT2D eigenvalue weighted by molar-refractivity contribution is 5.80. The van der Waals surface area contributed by atoms with Gasteiger partial charge in [-0.25, -0.2) is 0 Å². The summed E-state index contributed by atoms with van der Waals surface area (Å²) in [5, 5.41) is 3.61. The van der Waals surface area contributed by atoms with Gasteiger partial charge in [0.25, 0.3) is 0 Å². The lowest BCUT2D eigenvalue weighted by Gasteiger charge is -2.38. The van der Waals surface area contributed by atoms with Gasteiger partial charge in [-0.2, -0.15) is 0 Å². The number of rotatable bonds is 4. The van der Waals surface area contributed by atoms with E-state index in [-0.39, 0.29) is 0 Å². The summed E-state index contributed by atoms with van der Waals surface area (Å²) in [7, 11) is 1.93. The predicted molar refractivity (Wildman–Crippen MR) is 97.8 cm³/mol. The predicted octanol–water partition coefficient (Wildman–Crippen LogP) is 2.81. The molecule has 2 unspecified atom stereocenters. The minimum absolute atomic E-state index is 0.650. The molecule has 2 aliphatic heterocycles. The quantitative estimate of drug-likeness (QED) is 0.491. The van der Waals surface area contributed by atoms with Crippen LogP contribution in [0.15, 0.2) is 4.99 Å². The van der Waals surface area contributed by atoms with Gasteiger partial charge in [-0.05, 0) is 55.9 Å². The standard InChI is InChI=1S/C19H36N4/c1-16-12-17(2)14-22(13-16)10-5-9-21-18(20-3)23-11-8-19(15-23)6-4-7-19/h16-17H,4-15H2,1-3H3,(H,20,21). The van der Waals surface area contributed by atoms with E-state index in [1.165, 1.54) is 71.2 Å². The molecule has 2 saturated heterocycles. The molecule has 4 nitrogen and oxygen atoms in total. The van der Waals surface area contributed by atoms with Crippen molar-refractivity contribution in [2.24, 2.45) is 22.2 Å². The molecular formula is C19H36N4. The van der Waals surface area contributed by atoms with E-state index in [2.05, 4.69) is 34.0 Å². The Balaban J connectivity index is 1.36. The molecule has 1 spiro atoms. The van der Waals surface area contributed by atoms with Crippen molar-refractivity contribution in [2.45, 2.75) is 52.4 Å². The number of guanidine groups is 1. The van der Waals surface area contributed by atoms with Gasteiger partial charge < -0.3 is 15.1 Å². The SMILES string of the molecule is CN=C(NCCCN1CC(C)CC(C)C1)N1CCC2(CCC2)C1. The van der Waals surface area contributed by atoms with E-state index in [1.807, 2.05) is 7.05 Å². The molecule has 2 heterocycles. The first-order valence-corrected chi connectivity index (χ1v) is 9.78. The lowest BCUT2D eigenvalue weighted by Crippen LogP contribution is -2.44. The normalized spacial score (nSPS) is 31.4. The Morgan fingerprint density at radius 2 is 1.91 bits per heavy atom. The van der Waals surface area contributed by atoms with Crippen LogP contribution in [0.5, 0.6) is 0 Å². The fraction of sp³-hybridized carbons (Fsp3) is 0.947. The maximum Gasteiger partial charge on any atom is 0.193 e. The molecule has 132 valence electrons. The first-order valence-electron chi connectivity index (χ1n) is 9.78. The third-order valence-corrected chi connectivity index (χ3v) is 6.24. The molecule has 0 radical (unpaired) electrons. The Morgan fingerprint density at radius 1 is 1.17 bits per heavy atom. The minimum Gasteiger partial charge on any atom is -0.356 e. The van der Waals surface area contributed by atoms with Crippen LogP contribution in [0.4, 0.5) is 0 Å². The van der Waals surface area contributed by atoms with E-state index in [9.17, 15) is 0 Å². The van der Waals surface area contributed by atoms with Crippen LogP contribution >= 0.6 is 0 Å². The van der Waals surface area contributed by atoms with Crippen LogP contribution in [0.2, 0.25) is 0 Å². The van der Waals surface area contributed by atoms with E-state index >= 15 is 0 Å². The summed E-state index contributed by atoms with van der Waals surface area (Å²) in [4.78, 5) is 9.67. The number of aliphatic imine (C=N–C) groups is 1. The number of nitrogens with one attached hydrogen (secondary N) is 1. The molecule has 0 amide bonds. The molecule has 0 aromatic heterocycles. The summed E-state index contributed by atoms with van der Waals surface area (Å²) in [5.41, 5.74) is 0.650. The summed E-state index contributed by atoms with van der Waals surface area (Å²) in [6, 6.07) is 0. The lowest BCUT2D eigenvalue weighted by molar-refractivity contribution is 0.140. The fourth-order valence-electron chi connectivity index (χ4n) is 5.01. The maximum absolute atomic E-state index is 4.52. The van der Waals surface area contributed by atoms with Crippen LogP contribution in [0.3, 0.4) is 0 Å². The molecule has 1 aliphatic carbocycles. The van der Waals surface area contributed by atoms with Gasteiger partial charge in [0.2, 0.25) is 0 Å². The van der Waals surface area contributed by atoms with E-state index in [4.69, 9.17) is 0 Å². The van der Waals surface area contributed by atoms with E-state index in [0.717, 1.165) is 24.3 Å². The Hall–Kier alpha value is -0.770. The molecule has 2 atom stereocenters. The van der Waals surface area contributed by atoms with Crippen LogP contribution in [0, 0.1) is 17.3 Å². The van der Waals surface area contributed by atoms with Crippen molar-refractivity contribution >= 4 is 5.96 Å². The number of hydrogen-bond donors (Lipinski definition) is 1. The molecule has 4 heteroatoms. The topological polar surface area (TPSA) is 30.9 Å². The van der Waals surface area contributed by atoms with Gasteiger partial charge in [0, 0.05) is 39.8 Å². The van der Waals surface area contributed by atoms with Gasteiger partial charge in [0.1, 0.15) is 0 Å². The van der Waals surface area contributed by atoms with Gasteiger partial charge in [-0.15, -0.1) is 0 Å². The molecule has 3 aliphatic rings. The number of hydrogen-bond acceptors (Lipinski definition) is 2. The van der Waals surface area contributed by atoms with Gasteiger partial charge in [0.05, 0.1) is 0 Å². The molecule has 0 aromatic carbocycles. The third-order valence-electron chi connectivity index (χ3n) is 6.24. The molecule has 3 rings (SSSR count). The first-order chi connectivity index (χ1) is 11.1. The van der Waals surface area contributed by atoms with Gasteiger partial charge in [0.15, 0.2) is 5.96 Å². The molecule has 3 fully saturated rings. The Labute approximate surface area is 142 Å². The number of likely N-dealkylation sites (tertiary alicyclic amines) is 2. The zero-order valence-electron chi connectivity index (χ0n) is 15.5. The zero-order chi connectivity index (χ0) is 16.3. The Kier molecular flexibility index (Phi) is 5.50. The summed E-state index contributed by atoms with van der Waals surface area (Å²) in [5.74, 6) is 2.86. The van der Waals surface area contributed by atoms with Crippen molar-refractivity contribution in [3.63, 3.8) is 0 Å². The number of nitrogens with zero attached hydrogens (tertiary/aromatic N) is 3. The van der Waals surface area contributed by atoms with Crippen molar-refractivity contribution in [1.29, 1.82) is 0 Å². The van der Waals surface area contributed by atoms with E-state index in [0.29, 0.717) is 5.41 Å². The van der Waals surface area contributed by atoms with Crippen LogP contribution in [-0.2, 0) is 0 Å². The summed E-state index contributed by atoms with van der Waals surface area (Å²) in [6.45, 7) is 12.1. The summed E-state index contributed by atoms with van der Waals surface area (Å²) in [6.07, 6.45) is 8.30. The molecule has 1 N–H and O–H groups in total. The fourth-order valence-corrected chi connectivity index (χ4v) is 5.01. The van der Waals surface area contributed by atoms with Crippen molar-refractivity contribution in [2.75, 3.05) is 46.3 Å². The van der Waals surface area contributed by atoms with Crippen molar-refractivity contribution in [1.82, 2.24) is 15.1 Å². The third kappa shape index (κ3) is 4.20. The monoisotopic (exact) mass is 320 g/mol. The van der Waals surface area contributed by atoms with Crippen LogP contribution < -0.4 is 5.32 Å². The molecule has 0 aromatic rings. The molecular weight excluding hydrogens is 284 g/mol. The largest absolute Gasteiger partial charge is 0.356 e. The minimum atomic E-state index is 0.650.